The predicted molar refractivity (Wildman–Crippen MR) is 97.7 cm³/mol. The summed E-state index contributed by atoms with van der Waals surface area (Å²) in [5.74, 6) is -2.12. The number of benzene rings is 1. The highest BCUT2D eigenvalue weighted by molar-refractivity contribution is 6.25. The highest BCUT2D eigenvalue weighted by Gasteiger charge is 2.59. The van der Waals surface area contributed by atoms with Crippen LogP contribution in [-0.2, 0) is 24.6 Å². The average molecular weight is 355 g/mol. The van der Waals surface area contributed by atoms with Gasteiger partial charge in [0.05, 0.1) is 17.0 Å². The van der Waals surface area contributed by atoms with Crippen molar-refractivity contribution in [3.8, 4) is 0 Å². The van der Waals surface area contributed by atoms with Gasteiger partial charge < -0.3 is 0 Å². The van der Waals surface area contributed by atoms with Crippen LogP contribution in [0.1, 0.15) is 58.9 Å². The molecule has 1 aromatic rings. The smallest absolute Gasteiger partial charge is 0.238 e. The van der Waals surface area contributed by atoms with Crippen molar-refractivity contribution < 1.29 is 19.2 Å². The first-order valence-corrected chi connectivity index (χ1v) is 9.11. The van der Waals surface area contributed by atoms with Gasteiger partial charge in [0.1, 0.15) is 11.6 Å². The summed E-state index contributed by atoms with van der Waals surface area (Å²) < 4.78 is 0. The summed E-state index contributed by atoms with van der Waals surface area (Å²) >= 11 is 0. The number of ketones is 2. The van der Waals surface area contributed by atoms with Crippen LogP contribution in [0.3, 0.4) is 0 Å². The van der Waals surface area contributed by atoms with Crippen LogP contribution in [0.4, 0.5) is 5.69 Å². The Morgan fingerprint density at radius 2 is 1.81 bits per heavy atom. The van der Waals surface area contributed by atoms with E-state index < -0.39 is 17.2 Å². The van der Waals surface area contributed by atoms with Crippen LogP contribution < -0.4 is 4.90 Å². The number of Topliss-reactive ketones (excluding diaryl/α,β-unsaturated/α-hetero) is 2. The molecule has 2 aliphatic rings. The fourth-order valence-electron chi connectivity index (χ4n) is 4.45. The van der Waals surface area contributed by atoms with E-state index in [0.717, 1.165) is 5.56 Å². The average Bonchev–Trinajstić information content (AvgIpc) is 3.07. The molecule has 1 aliphatic carbocycles. The standard InChI is InChI=1S/C21H25NO4/c1-13(23)21(11-7-10-17(21)24)15-12-18(25)22(19(15)26)16-9-6-5-8-14(16)20(2,3)4/h5-6,8-9,15H,7,10-12H2,1-4H3. The zero-order valence-corrected chi connectivity index (χ0v) is 15.8. The van der Waals surface area contributed by atoms with E-state index in [4.69, 9.17) is 0 Å². The van der Waals surface area contributed by atoms with Gasteiger partial charge in [-0.15, -0.1) is 0 Å². The molecule has 1 saturated carbocycles. The number of amides is 2. The summed E-state index contributed by atoms with van der Waals surface area (Å²) in [7, 11) is 0. The molecule has 5 heteroatoms. The van der Waals surface area contributed by atoms with Crippen LogP contribution in [-0.4, -0.2) is 23.4 Å². The number of carbonyl (C=O) groups is 4. The molecule has 2 atom stereocenters. The molecule has 0 bridgehead atoms. The van der Waals surface area contributed by atoms with E-state index >= 15 is 0 Å². The minimum absolute atomic E-state index is 0.0807. The fraction of sp³-hybridized carbons (Fsp3) is 0.524. The molecular formula is C21H25NO4. The van der Waals surface area contributed by atoms with Gasteiger partial charge in [0.15, 0.2) is 0 Å². The lowest BCUT2D eigenvalue weighted by Crippen LogP contribution is -2.45. The maximum atomic E-state index is 13.2. The van der Waals surface area contributed by atoms with Gasteiger partial charge in [-0.1, -0.05) is 39.0 Å². The Bertz CT molecular complexity index is 804. The summed E-state index contributed by atoms with van der Waals surface area (Å²) in [6.45, 7) is 7.43. The highest BCUT2D eigenvalue weighted by Crippen LogP contribution is 2.48. The molecule has 2 unspecified atom stereocenters. The quantitative estimate of drug-likeness (QED) is 0.617. The van der Waals surface area contributed by atoms with E-state index in [1.165, 1.54) is 11.8 Å². The summed E-state index contributed by atoms with van der Waals surface area (Å²) in [4.78, 5) is 52.1. The Labute approximate surface area is 153 Å². The first kappa shape index (κ1) is 18.5. The Hall–Kier alpha value is -2.30. The molecule has 0 aromatic heterocycles. The number of hydrogen-bond acceptors (Lipinski definition) is 4. The molecule has 0 spiro atoms. The van der Waals surface area contributed by atoms with Crippen molar-refractivity contribution in [1.29, 1.82) is 0 Å². The molecule has 1 saturated heterocycles. The SMILES string of the molecule is CC(=O)C1(C2CC(=O)N(c3ccccc3C(C)(C)C)C2=O)CCCC1=O. The van der Waals surface area contributed by atoms with Crippen molar-refractivity contribution in [2.75, 3.05) is 4.90 Å². The Morgan fingerprint density at radius 3 is 2.35 bits per heavy atom. The summed E-state index contributed by atoms with van der Waals surface area (Å²) in [5.41, 5.74) is -0.131. The number of nitrogens with zero attached hydrogens (tertiary/aromatic N) is 1. The summed E-state index contributed by atoms with van der Waals surface area (Å²) in [5, 5.41) is 0. The first-order chi connectivity index (χ1) is 12.1. The van der Waals surface area contributed by atoms with Crippen LogP contribution in [0, 0.1) is 11.3 Å². The predicted octanol–water partition coefficient (Wildman–Crippen LogP) is 3.19. The number of rotatable bonds is 3. The topological polar surface area (TPSA) is 71.5 Å². The zero-order chi connectivity index (χ0) is 19.3. The molecule has 0 N–H and O–H groups in total. The lowest BCUT2D eigenvalue weighted by Gasteiger charge is -2.30. The van der Waals surface area contributed by atoms with Crippen molar-refractivity contribution >= 4 is 29.1 Å². The second kappa shape index (κ2) is 6.15. The van der Waals surface area contributed by atoms with Crippen molar-refractivity contribution in [3.05, 3.63) is 29.8 Å². The zero-order valence-electron chi connectivity index (χ0n) is 15.8. The maximum Gasteiger partial charge on any atom is 0.238 e. The van der Waals surface area contributed by atoms with Gasteiger partial charge in [0, 0.05) is 12.8 Å². The van der Waals surface area contributed by atoms with E-state index in [1.807, 2.05) is 32.9 Å². The van der Waals surface area contributed by atoms with Crippen LogP contribution in [0.5, 0.6) is 0 Å². The molecule has 1 aliphatic heterocycles. The summed E-state index contributed by atoms with van der Waals surface area (Å²) in [6.07, 6.45) is 1.17. The van der Waals surface area contributed by atoms with Gasteiger partial charge in [-0.3, -0.25) is 19.2 Å². The number of hydrogen-bond donors (Lipinski definition) is 0. The van der Waals surface area contributed by atoms with Gasteiger partial charge >= 0.3 is 0 Å². The second-order valence-electron chi connectivity index (χ2n) is 8.40. The van der Waals surface area contributed by atoms with Gasteiger partial charge in [-0.25, -0.2) is 4.90 Å². The number of imide groups is 1. The highest BCUT2D eigenvalue weighted by atomic mass is 16.2. The van der Waals surface area contributed by atoms with Gasteiger partial charge in [0.2, 0.25) is 11.8 Å². The second-order valence-corrected chi connectivity index (χ2v) is 8.40. The van der Waals surface area contributed by atoms with Crippen LogP contribution in [0.2, 0.25) is 0 Å². The molecule has 2 amide bonds. The van der Waals surface area contributed by atoms with Crippen molar-refractivity contribution in [2.45, 2.75) is 58.8 Å². The van der Waals surface area contributed by atoms with E-state index in [-0.39, 0.29) is 29.3 Å². The maximum absolute atomic E-state index is 13.2. The minimum atomic E-state index is -1.32. The molecule has 0 radical (unpaired) electrons. The molecule has 1 aromatic carbocycles. The van der Waals surface area contributed by atoms with E-state index in [2.05, 4.69) is 0 Å². The molecule has 5 nitrogen and oxygen atoms in total. The van der Waals surface area contributed by atoms with Gasteiger partial charge in [-0.05, 0) is 36.8 Å². The first-order valence-electron chi connectivity index (χ1n) is 9.11. The Morgan fingerprint density at radius 1 is 1.15 bits per heavy atom. The Kier molecular flexibility index (Phi) is 4.37. The minimum Gasteiger partial charge on any atom is -0.299 e. The monoisotopic (exact) mass is 355 g/mol. The normalized spacial score (nSPS) is 26.7. The lowest BCUT2D eigenvalue weighted by molar-refractivity contribution is -0.145. The number of anilines is 1. The Balaban J connectivity index is 2.07. The molecule has 2 fully saturated rings. The fourth-order valence-corrected chi connectivity index (χ4v) is 4.45. The third-order valence-corrected chi connectivity index (χ3v) is 5.80. The van der Waals surface area contributed by atoms with Gasteiger partial charge in [-0.2, -0.15) is 0 Å². The third kappa shape index (κ3) is 2.61. The summed E-state index contributed by atoms with van der Waals surface area (Å²) in [6, 6.07) is 7.34. The van der Waals surface area contributed by atoms with Crippen molar-refractivity contribution in [3.63, 3.8) is 0 Å². The van der Waals surface area contributed by atoms with Crippen LogP contribution in [0.25, 0.3) is 0 Å². The van der Waals surface area contributed by atoms with Crippen LogP contribution in [0.15, 0.2) is 24.3 Å². The third-order valence-electron chi connectivity index (χ3n) is 5.80. The number of carbonyl (C=O) groups excluding carboxylic acids is 4. The van der Waals surface area contributed by atoms with Crippen molar-refractivity contribution in [2.24, 2.45) is 11.3 Å². The molecule has 3 rings (SSSR count). The van der Waals surface area contributed by atoms with Gasteiger partial charge in [0.25, 0.3) is 0 Å². The van der Waals surface area contributed by atoms with Crippen LogP contribution >= 0.6 is 0 Å². The molecule has 26 heavy (non-hydrogen) atoms. The largest absolute Gasteiger partial charge is 0.299 e. The molecule has 138 valence electrons. The van der Waals surface area contributed by atoms with E-state index in [1.54, 1.807) is 12.1 Å². The molecular weight excluding hydrogens is 330 g/mol. The van der Waals surface area contributed by atoms with E-state index in [9.17, 15) is 19.2 Å². The number of para-hydroxylation sites is 1. The van der Waals surface area contributed by atoms with E-state index in [0.29, 0.717) is 24.9 Å². The molecule has 1 heterocycles. The lowest BCUT2D eigenvalue weighted by atomic mass is 9.69. The van der Waals surface area contributed by atoms with Crippen molar-refractivity contribution in [1.82, 2.24) is 0 Å².